The molecule has 1 aromatic rings. The van der Waals surface area contributed by atoms with E-state index in [2.05, 4.69) is 15.4 Å². The molecule has 0 unspecified atom stereocenters. The molecule has 0 aliphatic carbocycles. The highest BCUT2D eigenvalue weighted by Gasteiger charge is 2.01. The summed E-state index contributed by atoms with van der Waals surface area (Å²) in [6.07, 6.45) is 3.22. The topological polar surface area (TPSA) is 59.5 Å². The van der Waals surface area contributed by atoms with Gasteiger partial charge in [-0.2, -0.15) is 0 Å². The molecule has 0 radical (unpaired) electrons. The predicted octanol–water partition coefficient (Wildman–Crippen LogP) is 0.228. The van der Waals surface area contributed by atoms with Gasteiger partial charge in [0.2, 0.25) is 5.95 Å². The molecule has 0 saturated carbocycles. The first kappa shape index (κ1) is 8.85. The maximum Gasteiger partial charge on any atom is 0.241 e. The fourth-order valence-corrected chi connectivity index (χ4v) is 0.604. The lowest BCUT2D eigenvalue weighted by atomic mass is 10.7. The van der Waals surface area contributed by atoms with Gasteiger partial charge >= 0.3 is 0 Å². The van der Waals surface area contributed by atoms with Crippen molar-refractivity contribution in [2.75, 3.05) is 19.6 Å². The van der Waals surface area contributed by atoms with E-state index in [9.17, 15) is 0 Å². The molecule has 1 aromatic heterocycles. The van der Waals surface area contributed by atoms with Crippen LogP contribution in [0.5, 0.6) is 0 Å². The smallest absolute Gasteiger partial charge is 0.241 e. The van der Waals surface area contributed by atoms with E-state index in [1.54, 1.807) is 18.5 Å². The molecule has 6 heteroatoms. The Balaban J connectivity index is 2.51. The Morgan fingerprint density at radius 3 is 2.33 bits per heavy atom. The third-order valence-corrected chi connectivity index (χ3v) is 1.09. The Morgan fingerprint density at radius 1 is 1.25 bits per heavy atom. The van der Waals surface area contributed by atoms with Crippen LogP contribution in [0.2, 0.25) is 0 Å². The van der Waals surface area contributed by atoms with Gasteiger partial charge in [-0.25, -0.2) is 15.4 Å². The third kappa shape index (κ3) is 2.42. The molecule has 0 amide bonds. The van der Waals surface area contributed by atoms with E-state index in [1.807, 2.05) is 0 Å². The second-order valence-corrected chi connectivity index (χ2v) is 1.81. The lowest BCUT2D eigenvalue weighted by Crippen LogP contribution is -2.28. The number of nitrogens with one attached hydrogen (secondary N) is 1. The molecule has 0 bridgehead atoms. The quantitative estimate of drug-likeness (QED) is 0.652. The highest BCUT2D eigenvalue weighted by atomic mass is 17.0. The van der Waals surface area contributed by atoms with Crippen LogP contribution in [0.1, 0.15) is 0 Å². The largest absolute Gasteiger partial charge is 0.259 e. The minimum atomic E-state index is 0.404. The molecular formula is C6H10N4O2. The van der Waals surface area contributed by atoms with Crippen LogP contribution in [0, 0.1) is 0 Å². The zero-order valence-electron chi connectivity index (χ0n) is 6.89. The van der Waals surface area contributed by atoms with E-state index in [-0.39, 0.29) is 0 Å². The first-order chi connectivity index (χ1) is 5.86. The average molecular weight is 170 g/mol. The Morgan fingerprint density at radius 2 is 1.83 bits per heavy atom. The molecule has 0 spiro atoms. The van der Waals surface area contributed by atoms with Gasteiger partial charge in [-0.3, -0.25) is 9.68 Å². The van der Waals surface area contributed by atoms with Crippen molar-refractivity contribution < 1.29 is 9.68 Å². The van der Waals surface area contributed by atoms with Gasteiger partial charge in [0, 0.05) is 17.7 Å². The molecule has 1 heterocycles. The molecule has 1 N–H and O–H groups in total. The van der Waals surface area contributed by atoms with Crippen molar-refractivity contribution in [2.45, 2.75) is 0 Å². The van der Waals surface area contributed by atoms with Crippen molar-refractivity contribution in [3.8, 4) is 0 Å². The summed E-state index contributed by atoms with van der Waals surface area (Å²) in [6, 6.07) is 1.72. The van der Waals surface area contributed by atoms with Crippen LogP contribution in [0.15, 0.2) is 18.5 Å². The molecule has 0 atom stereocenters. The minimum Gasteiger partial charge on any atom is -0.259 e. The van der Waals surface area contributed by atoms with Crippen molar-refractivity contribution in [1.29, 1.82) is 0 Å². The standard InChI is InChI=1S/C6H10N4O2/c1-11-10(12-2)9-6-7-4-3-5-8-6/h3-5H,1-2H3,(H,7,8,9). The van der Waals surface area contributed by atoms with Crippen molar-refractivity contribution in [3.63, 3.8) is 0 Å². The lowest BCUT2D eigenvalue weighted by Gasteiger charge is -2.15. The fourth-order valence-electron chi connectivity index (χ4n) is 0.604. The van der Waals surface area contributed by atoms with Gasteiger partial charge in [0.15, 0.2) is 0 Å². The number of hydrazine groups is 1. The van der Waals surface area contributed by atoms with Crippen LogP contribution in [0.4, 0.5) is 5.95 Å². The number of hydrogen-bond donors (Lipinski definition) is 1. The van der Waals surface area contributed by atoms with E-state index in [4.69, 9.17) is 9.68 Å². The molecule has 1 rings (SSSR count). The molecule has 0 aliphatic rings. The zero-order chi connectivity index (χ0) is 8.81. The molecule has 0 aliphatic heterocycles. The summed E-state index contributed by atoms with van der Waals surface area (Å²) in [5, 5.41) is 1.04. The summed E-state index contributed by atoms with van der Waals surface area (Å²) < 4.78 is 0. The van der Waals surface area contributed by atoms with E-state index in [1.165, 1.54) is 14.2 Å². The summed E-state index contributed by atoms with van der Waals surface area (Å²) in [5.74, 6) is 0.404. The number of rotatable bonds is 4. The molecule has 0 aromatic carbocycles. The number of nitrogens with zero attached hydrogens (tertiary/aromatic N) is 3. The van der Waals surface area contributed by atoms with Crippen LogP contribution in [0.25, 0.3) is 0 Å². The zero-order valence-corrected chi connectivity index (χ0v) is 6.89. The third-order valence-electron chi connectivity index (χ3n) is 1.09. The van der Waals surface area contributed by atoms with Gasteiger partial charge in [0.25, 0.3) is 0 Å². The Kier molecular flexibility index (Phi) is 3.39. The highest BCUT2D eigenvalue weighted by molar-refractivity contribution is 5.18. The van der Waals surface area contributed by atoms with Crippen LogP contribution in [-0.2, 0) is 9.68 Å². The lowest BCUT2D eigenvalue weighted by molar-refractivity contribution is -0.326. The summed E-state index contributed by atoms with van der Waals surface area (Å²) in [6.45, 7) is 0. The summed E-state index contributed by atoms with van der Waals surface area (Å²) in [7, 11) is 2.92. The van der Waals surface area contributed by atoms with Crippen LogP contribution < -0.4 is 5.43 Å². The van der Waals surface area contributed by atoms with Crippen LogP contribution >= 0.6 is 0 Å². The average Bonchev–Trinajstić information content (AvgIpc) is 2.16. The molecular weight excluding hydrogens is 160 g/mol. The Labute approximate surface area is 70.0 Å². The maximum atomic E-state index is 4.72. The molecule has 66 valence electrons. The van der Waals surface area contributed by atoms with E-state index < -0.39 is 0 Å². The minimum absolute atomic E-state index is 0.404. The normalized spacial score (nSPS) is 10.2. The Hall–Kier alpha value is -1.24. The van der Waals surface area contributed by atoms with Crippen molar-refractivity contribution in [3.05, 3.63) is 18.5 Å². The van der Waals surface area contributed by atoms with Crippen LogP contribution in [-0.4, -0.2) is 29.5 Å². The first-order valence-electron chi connectivity index (χ1n) is 3.29. The second-order valence-electron chi connectivity index (χ2n) is 1.81. The van der Waals surface area contributed by atoms with Gasteiger partial charge in [-0.15, -0.1) is 0 Å². The van der Waals surface area contributed by atoms with Gasteiger partial charge in [0.1, 0.15) is 0 Å². The SMILES string of the molecule is CON(Nc1ncccn1)OC. The van der Waals surface area contributed by atoms with Gasteiger partial charge < -0.3 is 0 Å². The fraction of sp³-hybridized carbons (Fsp3) is 0.333. The second kappa shape index (κ2) is 4.60. The van der Waals surface area contributed by atoms with Gasteiger partial charge in [-0.05, 0) is 6.07 Å². The van der Waals surface area contributed by atoms with E-state index in [0.717, 1.165) is 5.34 Å². The number of anilines is 1. The van der Waals surface area contributed by atoms with Crippen LogP contribution in [0.3, 0.4) is 0 Å². The maximum absolute atomic E-state index is 4.72. The molecule has 12 heavy (non-hydrogen) atoms. The van der Waals surface area contributed by atoms with E-state index in [0.29, 0.717) is 5.95 Å². The molecule has 0 saturated heterocycles. The van der Waals surface area contributed by atoms with Crippen molar-refractivity contribution in [2.24, 2.45) is 0 Å². The number of hydrogen-bond acceptors (Lipinski definition) is 6. The number of aromatic nitrogens is 2. The van der Waals surface area contributed by atoms with Crippen molar-refractivity contribution in [1.82, 2.24) is 15.3 Å². The van der Waals surface area contributed by atoms with Gasteiger partial charge in [-0.1, -0.05) is 0 Å². The summed E-state index contributed by atoms with van der Waals surface area (Å²) >= 11 is 0. The predicted molar refractivity (Wildman–Crippen MR) is 41.5 cm³/mol. The highest BCUT2D eigenvalue weighted by Crippen LogP contribution is 1.96. The summed E-state index contributed by atoms with van der Waals surface area (Å²) in [4.78, 5) is 17.2. The molecule has 0 fully saturated rings. The monoisotopic (exact) mass is 170 g/mol. The molecule has 6 nitrogen and oxygen atoms in total. The summed E-state index contributed by atoms with van der Waals surface area (Å²) in [5.41, 5.74) is 2.64. The Bertz CT molecular complexity index is 214. The van der Waals surface area contributed by atoms with E-state index >= 15 is 0 Å². The first-order valence-corrected chi connectivity index (χ1v) is 3.29. The van der Waals surface area contributed by atoms with Crippen molar-refractivity contribution >= 4 is 5.95 Å². The van der Waals surface area contributed by atoms with Gasteiger partial charge in [0.05, 0.1) is 14.2 Å².